The summed E-state index contributed by atoms with van der Waals surface area (Å²) in [5, 5.41) is 8.17. The van der Waals surface area contributed by atoms with Crippen LogP contribution >= 0.6 is 0 Å². The van der Waals surface area contributed by atoms with Gasteiger partial charge >= 0.3 is 0 Å². The van der Waals surface area contributed by atoms with E-state index < -0.39 is 0 Å². The summed E-state index contributed by atoms with van der Waals surface area (Å²) in [6.07, 6.45) is 1.40. The zero-order valence-corrected chi connectivity index (χ0v) is 14.5. The second-order valence-electron chi connectivity index (χ2n) is 5.41. The smallest absolute Gasteiger partial charge is 0.254 e. The number of hydrogen-bond acceptors (Lipinski definition) is 5. The maximum Gasteiger partial charge on any atom is 0.254 e. The van der Waals surface area contributed by atoms with Gasteiger partial charge in [0.05, 0.1) is 30.7 Å². The summed E-state index contributed by atoms with van der Waals surface area (Å²) < 4.78 is 10.9. The molecule has 0 unspecified atom stereocenters. The molecule has 2 N–H and O–H groups in total. The van der Waals surface area contributed by atoms with Crippen molar-refractivity contribution in [3.8, 4) is 22.9 Å². The average molecular weight is 329 g/mol. The molecule has 0 fully saturated rings. The third-order valence-electron chi connectivity index (χ3n) is 3.68. The van der Waals surface area contributed by atoms with Crippen molar-refractivity contribution < 1.29 is 9.47 Å². The number of nitrogens with zero attached hydrogens (tertiary/aromatic N) is 1. The Hall–Kier alpha value is -2.63. The van der Waals surface area contributed by atoms with Crippen LogP contribution in [-0.2, 0) is 0 Å². The van der Waals surface area contributed by atoms with Gasteiger partial charge in [0.2, 0.25) is 0 Å². The first-order chi connectivity index (χ1) is 11.5. The molecule has 0 aliphatic heterocycles. The Kier molecular flexibility index (Phi) is 5.73. The zero-order chi connectivity index (χ0) is 17.7. The van der Waals surface area contributed by atoms with Gasteiger partial charge in [0.15, 0.2) is 0 Å². The quantitative estimate of drug-likeness (QED) is 0.763. The van der Waals surface area contributed by atoms with Crippen LogP contribution in [0.5, 0.6) is 11.5 Å². The van der Waals surface area contributed by atoms with Crippen molar-refractivity contribution in [3.05, 3.63) is 39.8 Å². The first-order valence-electron chi connectivity index (χ1n) is 8.01. The number of methoxy groups -OCH3 is 1. The molecule has 0 bridgehead atoms. The van der Waals surface area contributed by atoms with Crippen LogP contribution in [0.2, 0.25) is 0 Å². The number of rotatable bonds is 7. The van der Waals surface area contributed by atoms with Crippen molar-refractivity contribution in [2.75, 3.05) is 13.7 Å². The zero-order valence-electron chi connectivity index (χ0n) is 14.5. The Labute approximate surface area is 141 Å². The van der Waals surface area contributed by atoms with Gasteiger partial charge in [-0.3, -0.25) is 4.79 Å². The molecule has 2 rings (SSSR count). The minimum absolute atomic E-state index is 0.249. The van der Waals surface area contributed by atoms with Crippen LogP contribution < -0.4 is 15.0 Å². The van der Waals surface area contributed by atoms with Crippen LogP contribution in [-0.4, -0.2) is 29.4 Å². The van der Waals surface area contributed by atoms with Crippen LogP contribution in [0.3, 0.4) is 0 Å². The van der Waals surface area contributed by atoms with Crippen molar-refractivity contribution in [1.82, 2.24) is 9.97 Å². The SMILES string of the molecule is CCCC(=N)c1nc(-c2cc(OC)ccc2OCC)[nH]c(=O)c1C. The first kappa shape index (κ1) is 17.7. The van der Waals surface area contributed by atoms with E-state index in [2.05, 4.69) is 9.97 Å². The van der Waals surface area contributed by atoms with E-state index in [1.807, 2.05) is 13.8 Å². The third-order valence-corrected chi connectivity index (χ3v) is 3.68. The highest BCUT2D eigenvalue weighted by molar-refractivity contribution is 5.97. The molecule has 0 amide bonds. The number of nitrogens with one attached hydrogen (secondary N) is 2. The number of aromatic nitrogens is 2. The molecule has 0 saturated carbocycles. The highest BCUT2D eigenvalue weighted by atomic mass is 16.5. The second kappa shape index (κ2) is 7.77. The molecule has 6 nitrogen and oxygen atoms in total. The van der Waals surface area contributed by atoms with E-state index in [0.717, 1.165) is 6.42 Å². The molecular formula is C18H23N3O3. The molecule has 1 aromatic carbocycles. The van der Waals surface area contributed by atoms with Crippen molar-refractivity contribution in [1.29, 1.82) is 5.41 Å². The Balaban J connectivity index is 2.64. The Morgan fingerprint density at radius 2 is 2.08 bits per heavy atom. The average Bonchev–Trinajstić information content (AvgIpc) is 2.58. The lowest BCUT2D eigenvalue weighted by Crippen LogP contribution is -2.19. The predicted octanol–water partition coefficient (Wildman–Crippen LogP) is 3.32. The van der Waals surface area contributed by atoms with E-state index in [1.165, 1.54) is 0 Å². The van der Waals surface area contributed by atoms with Gasteiger partial charge in [-0.05, 0) is 38.5 Å². The van der Waals surface area contributed by atoms with Gasteiger partial charge in [0.25, 0.3) is 5.56 Å². The van der Waals surface area contributed by atoms with Crippen molar-refractivity contribution in [2.45, 2.75) is 33.6 Å². The first-order valence-corrected chi connectivity index (χ1v) is 8.01. The highest BCUT2D eigenvalue weighted by Crippen LogP contribution is 2.31. The number of aromatic amines is 1. The van der Waals surface area contributed by atoms with E-state index in [-0.39, 0.29) is 5.56 Å². The number of hydrogen-bond donors (Lipinski definition) is 2. The fourth-order valence-corrected chi connectivity index (χ4v) is 2.42. The molecule has 0 atom stereocenters. The van der Waals surface area contributed by atoms with E-state index >= 15 is 0 Å². The third kappa shape index (κ3) is 3.64. The van der Waals surface area contributed by atoms with Gasteiger partial charge in [-0.2, -0.15) is 0 Å². The van der Waals surface area contributed by atoms with Gasteiger partial charge in [-0.25, -0.2) is 4.98 Å². The molecule has 1 aromatic heterocycles. The predicted molar refractivity (Wildman–Crippen MR) is 94.5 cm³/mol. The van der Waals surface area contributed by atoms with Gasteiger partial charge in [0, 0.05) is 5.56 Å². The van der Waals surface area contributed by atoms with Crippen molar-refractivity contribution >= 4 is 5.71 Å². The summed E-state index contributed by atoms with van der Waals surface area (Å²) in [7, 11) is 1.58. The Morgan fingerprint density at radius 1 is 1.33 bits per heavy atom. The number of benzene rings is 1. The van der Waals surface area contributed by atoms with Crippen LogP contribution in [0.1, 0.15) is 37.9 Å². The Morgan fingerprint density at radius 3 is 2.71 bits per heavy atom. The lowest BCUT2D eigenvalue weighted by Gasteiger charge is -2.13. The van der Waals surface area contributed by atoms with Gasteiger partial charge in [-0.15, -0.1) is 0 Å². The maximum absolute atomic E-state index is 12.3. The largest absolute Gasteiger partial charge is 0.497 e. The monoisotopic (exact) mass is 329 g/mol. The molecule has 2 aromatic rings. The van der Waals surface area contributed by atoms with Gasteiger partial charge in [-0.1, -0.05) is 13.3 Å². The van der Waals surface area contributed by atoms with Gasteiger partial charge in [0.1, 0.15) is 17.3 Å². The lowest BCUT2D eigenvalue weighted by atomic mass is 10.1. The molecule has 0 saturated heterocycles. The molecule has 0 aliphatic carbocycles. The van der Waals surface area contributed by atoms with Crippen LogP contribution in [0.25, 0.3) is 11.4 Å². The minimum Gasteiger partial charge on any atom is -0.497 e. The van der Waals surface area contributed by atoms with Crippen LogP contribution in [0, 0.1) is 12.3 Å². The normalized spacial score (nSPS) is 10.5. The van der Waals surface area contributed by atoms with Crippen LogP contribution in [0.4, 0.5) is 0 Å². The molecule has 0 aliphatic rings. The standard InChI is InChI=1S/C18H23N3O3/c1-5-7-14(19)16-11(3)18(22)21-17(20-16)13-10-12(23-4)8-9-15(13)24-6-2/h8-10,19H,5-7H2,1-4H3,(H,20,21,22). The molecule has 24 heavy (non-hydrogen) atoms. The summed E-state index contributed by atoms with van der Waals surface area (Å²) >= 11 is 0. The molecule has 128 valence electrons. The van der Waals surface area contributed by atoms with Crippen molar-refractivity contribution in [2.24, 2.45) is 0 Å². The van der Waals surface area contributed by atoms with Gasteiger partial charge < -0.3 is 19.9 Å². The molecule has 0 radical (unpaired) electrons. The number of H-pyrrole nitrogens is 1. The topological polar surface area (TPSA) is 88.1 Å². The fourth-order valence-electron chi connectivity index (χ4n) is 2.42. The maximum atomic E-state index is 12.3. The summed E-state index contributed by atoms with van der Waals surface area (Å²) in [5.41, 5.74) is 1.64. The summed E-state index contributed by atoms with van der Waals surface area (Å²) in [6.45, 7) is 6.06. The lowest BCUT2D eigenvalue weighted by molar-refractivity contribution is 0.340. The minimum atomic E-state index is -0.249. The summed E-state index contributed by atoms with van der Waals surface area (Å²) in [5.74, 6) is 1.63. The summed E-state index contributed by atoms with van der Waals surface area (Å²) in [6, 6.07) is 5.35. The van der Waals surface area contributed by atoms with E-state index in [9.17, 15) is 4.79 Å². The molecule has 1 heterocycles. The fraction of sp³-hybridized carbons (Fsp3) is 0.389. The Bertz CT molecular complexity index is 797. The van der Waals surface area contributed by atoms with Crippen LogP contribution in [0.15, 0.2) is 23.0 Å². The molecule has 6 heteroatoms. The molecular weight excluding hydrogens is 306 g/mol. The van der Waals surface area contributed by atoms with E-state index in [1.54, 1.807) is 32.2 Å². The van der Waals surface area contributed by atoms with E-state index in [4.69, 9.17) is 14.9 Å². The molecule has 0 spiro atoms. The second-order valence-corrected chi connectivity index (χ2v) is 5.41. The van der Waals surface area contributed by atoms with E-state index in [0.29, 0.717) is 52.9 Å². The summed E-state index contributed by atoms with van der Waals surface area (Å²) in [4.78, 5) is 19.6. The number of ether oxygens (including phenoxy) is 2. The van der Waals surface area contributed by atoms with Crippen molar-refractivity contribution in [3.63, 3.8) is 0 Å². The highest BCUT2D eigenvalue weighted by Gasteiger charge is 2.16.